The van der Waals surface area contributed by atoms with Gasteiger partial charge in [-0.2, -0.15) is 0 Å². The maximum absolute atomic E-state index is 15.6. The number of nitrogens with one attached hydrogen (secondary N) is 2. The third-order valence-corrected chi connectivity index (χ3v) is 7.48. The Bertz CT molecular complexity index is 1130. The van der Waals surface area contributed by atoms with E-state index in [1.54, 1.807) is 6.92 Å². The van der Waals surface area contributed by atoms with Crippen LogP contribution in [0.25, 0.3) is 11.0 Å². The van der Waals surface area contributed by atoms with Gasteiger partial charge in [0.1, 0.15) is 23.2 Å². The first-order valence-electron chi connectivity index (χ1n) is 12.0. The van der Waals surface area contributed by atoms with Crippen LogP contribution in [0.4, 0.5) is 4.39 Å². The van der Waals surface area contributed by atoms with E-state index in [0.717, 1.165) is 32.1 Å². The highest BCUT2D eigenvalue weighted by atomic mass is 19.1. The van der Waals surface area contributed by atoms with Crippen LogP contribution in [0.15, 0.2) is 22.9 Å². The Morgan fingerprint density at radius 2 is 2.00 bits per heavy atom. The average molecular weight is 455 g/mol. The first-order valence-corrected chi connectivity index (χ1v) is 12.0. The molecular weight excluding hydrogens is 423 g/mol. The van der Waals surface area contributed by atoms with E-state index in [9.17, 15) is 4.79 Å². The molecule has 3 atom stereocenters. The standard InChI is InChI=1S/C25H31FN4O3/c1-14-5-3-4-6-17(14)22(29-25(31)19-13-33-30-15(19)2)24-27-20-8-7-18(21(26)23(20)28-24)16-9-11-32-12-10-16/h7-8,13-14,16-17,22H,3-6,9-12H2,1-2H3,(H,27,28)(H,29,31). The summed E-state index contributed by atoms with van der Waals surface area (Å²) in [7, 11) is 0. The molecule has 33 heavy (non-hydrogen) atoms. The topological polar surface area (TPSA) is 93.0 Å². The first kappa shape index (κ1) is 22.1. The van der Waals surface area contributed by atoms with Crippen LogP contribution in [-0.4, -0.2) is 34.2 Å². The molecule has 0 radical (unpaired) electrons. The van der Waals surface area contributed by atoms with Crippen molar-refractivity contribution >= 4 is 16.9 Å². The van der Waals surface area contributed by atoms with E-state index in [2.05, 4.69) is 22.4 Å². The van der Waals surface area contributed by atoms with Gasteiger partial charge >= 0.3 is 0 Å². The highest BCUT2D eigenvalue weighted by molar-refractivity contribution is 5.95. The van der Waals surface area contributed by atoms with E-state index in [-0.39, 0.29) is 29.6 Å². The SMILES string of the molecule is Cc1nocc1C(=O)NC(c1nc2c(F)c(C3CCOCC3)ccc2[nH]1)C1CCCCC1C. The molecule has 2 fully saturated rings. The van der Waals surface area contributed by atoms with Gasteiger partial charge in [0.25, 0.3) is 5.91 Å². The van der Waals surface area contributed by atoms with Crippen LogP contribution in [0.5, 0.6) is 0 Å². The number of carbonyl (C=O) groups is 1. The molecule has 0 bridgehead atoms. The zero-order chi connectivity index (χ0) is 22.9. The second-order valence-corrected chi connectivity index (χ2v) is 9.56. The number of nitrogens with zero attached hydrogens (tertiary/aromatic N) is 2. The minimum Gasteiger partial charge on any atom is -0.381 e. The molecule has 176 valence electrons. The minimum atomic E-state index is -0.347. The van der Waals surface area contributed by atoms with Crippen molar-refractivity contribution in [2.75, 3.05) is 13.2 Å². The lowest BCUT2D eigenvalue weighted by atomic mass is 9.76. The fraction of sp³-hybridized carbons (Fsp3) is 0.560. The van der Waals surface area contributed by atoms with Gasteiger partial charge in [0.2, 0.25) is 0 Å². The fourth-order valence-electron chi connectivity index (χ4n) is 5.50. The van der Waals surface area contributed by atoms with Gasteiger partial charge in [-0.1, -0.05) is 37.4 Å². The number of aromatic nitrogens is 3. The number of amides is 1. The summed E-state index contributed by atoms with van der Waals surface area (Å²) in [6.07, 6.45) is 7.38. The normalized spacial score (nSPS) is 23.0. The summed E-state index contributed by atoms with van der Waals surface area (Å²) in [5.41, 5.74) is 2.66. The van der Waals surface area contributed by atoms with Crippen LogP contribution in [0, 0.1) is 24.6 Å². The van der Waals surface area contributed by atoms with Gasteiger partial charge < -0.3 is 19.6 Å². The summed E-state index contributed by atoms with van der Waals surface area (Å²) >= 11 is 0. The smallest absolute Gasteiger partial charge is 0.257 e. The number of H-pyrrole nitrogens is 1. The third-order valence-electron chi connectivity index (χ3n) is 7.48. The molecule has 5 rings (SSSR count). The Balaban J connectivity index is 1.51. The van der Waals surface area contributed by atoms with Crippen LogP contribution < -0.4 is 5.32 Å². The van der Waals surface area contributed by atoms with E-state index in [1.165, 1.54) is 12.7 Å². The Morgan fingerprint density at radius 3 is 2.73 bits per heavy atom. The van der Waals surface area contributed by atoms with E-state index in [0.29, 0.717) is 52.8 Å². The lowest BCUT2D eigenvalue weighted by molar-refractivity contribution is 0.0846. The summed E-state index contributed by atoms with van der Waals surface area (Å²) in [5.74, 6) is 0.867. The number of imidazole rings is 1. The van der Waals surface area contributed by atoms with Crippen LogP contribution in [0.1, 0.15) is 84.8 Å². The van der Waals surface area contributed by atoms with Crippen molar-refractivity contribution in [3.05, 3.63) is 46.9 Å². The van der Waals surface area contributed by atoms with Gasteiger partial charge in [-0.25, -0.2) is 9.37 Å². The molecule has 3 unspecified atom stereocenters. The number of aromatic amines is 1. The molecule has 1 aliphatic heterocycles. The van der Waals surface area contributed by atoms with E-state index >= 15 is 4.39 Å². The molecule has 3 heterocycles. The van der Waals surface area contributed by atoms with Crippen molar-refractivity contribution in [1.29, 1.82) is 0 Å². The van der Waals surface area contributed by atoms with Crippen LogP contribution >= 0.6 is 0 Å². The lowest BCUT2D eigenvalue weighted by Gasteiger charge is -2.34. The minimum absolute atomic E-state index is 0.147. The first-order chi connectivity index (χ1) is 16.0. The second kappa shape index (κ2) is 9.25. The molecule has 2 aromatic heterocycles. The van der Waals surface area contributed by atoms with Crippen LogP contribution in [0.3, 0.4) is 0 Å². The highest BCUT2D eigenvalue weighted by Gasteiger charge is 2.34. The number of aryl methyl sites for hydroxylation is 1. The van der Waals surface area contributed by atoms with Crippen LogP contribution in [-0.2, 0) is 4.74 Å². The largest absolute Gasteiger partial charge is 0.381 e. The lowest BCUT2D eigenvalue weighted by Crippen LogP contribution is -2.38. The van der Waals surface area contributed by atoms with Gasteiger partial charge in [-0.15, -0.1) is 0 Å². The van der Waals surface area contributed by atoms with Gasteiger partial charge in [-0.3, -0.25) is 4.79 Å². The van der Waals surface area contributed by atoms with E-state index in [4.69, 9.17) is 14.2 Å². The predicted octanol–water partition coefficient (Wildman–Crippen LogP) is 5.19. The molecular formula is C25H31FN4O3. The maximum Gasteiger partial charge on any atom is 0.257 e. The van der Waals surface area contributed by atoms with Gasteiger partial charge in [0.15, 0.2) is 5.82 Å². The van der Waals surface area contributed by atoms with Gasteiger partial charge in [0.05, 0.1) is 17.3 Å². The predicted molar refractivity (Wildman–Crippen MR) is 121 cm³/mol. The maximum atomic E-state index is 15.6. The van der Waals surface area contributed by atoms with Crippen molar-refractivity contribution in [2.45, 2.75) is 64.3 Å². The monoisotopic (exact) mass is 454 g/mol. The van der Waals surface area contributed by atoms with E-state index < -0.39 is 0 Å². The number of halogens is 1. The van der Waals surface area contributed by atoms with Crippen molar-refractivity contribution in [2.24, 2.45) is 11.8 Å². The molecule has 8 heteroatoms. The zero-order valence-electron chi connectivity index (χ0n) is 19.2. The summed E-state index contributed by atoms with van der Waals surface area (Å²) in [6, 6.07) is 3.43. The Labute approximate surface area is 192 Å². The van der Waals surface area contributed by atoms with Crippen molar-refractivity contribution in [3.63, 3.8) is 0 Å². The number of carbonyl (C=O) groups excluding carboxylic acids is 1. The molecule has 7 nitrogen and oxygen atoms in total. The molecule has 1 aliphatic carbocycles. The van der Waals surface area contributed by atoms with Crippen molar-refractivity contribution in [1.82, 2.24) is 20.4 Å². The number of rotatable bonds is 5. The molecule has 3 aromatic rings. The number of hydrogen-bond donors (Lipinski definition) is 2. The summed E-state index contributed by atoms with van der Waals surface area (Å²) in [5, 5.41) is 6.99. The second-order valence-electron chi connectivity index (χ2n) is 9.56. The molecule has 1 saturated heterocycles. The molecule has 1 amide bonds. The quantitative estimate of drug-likeness (QED) is 0.553. The molecule has 2 aliphatic rings. The molecule has 1 saturated carbocycles. The van der Waals surface area contributed by atoms with Gasteiger partial charge in [0, 0.05) is 13.2 Å². The van der Waals surface area contributed by atoms with Crippen molar-refractivity contribution < 1.29 is 18.4 Å². The molecule has 2 N–H and O–H groups in total. The third kappa shape index (κ3) is 4.28. The summed E-state index contributed by atoms with van der Waals surface area (Å²) < 4.78 is 26.0. The Morgan fingerprint density at radius 1 is 1.21 bits per heavy atom. The zero-order valence-corrected chi connectivity index (χ0v) is 19.2. The fourth-order valence-corrected chi connectivity index (χ4v) is 5.50. The average Bonchev–Trinajstić information content (AvgIpc) is 3.45. The number of fused-ring (bicyclic) bond motifs is 1. The molecule has 0 spiro atoms. The number of hydrogen-bond acceptors (Lipinski definition) is 5. The summed E-state index contributed by atoms with van der Waals surface area (Å²) in [4.78, 5) is 21.1. The highest BCUT2D eigenvalue weighted by Crippen LogP contribution is 2.39. The number of ether oxygens (including phenoxy) is 1. The summed E-state index contributed by atoms with van der Waals surface area (Å²) in [6.45, 7) is 5.28. The Hall–Kier alpha value is -2.74. The molecule has 1 aromatic carbocycles. The number of benzene rings is 1. The Kier molecular flexibility index (Phi) is 6.19. The van der Waals surface area contributed by atoms with Crippen LogP contribution in [0.2, 0.25) is 0 Å². The van der Waals surface area contributed by atoms with Crippen molar-refractivity contribution in [3.8, 4) is 0 Å². The van der Waals surface area contributed by atoms with E-state index in [1.807, 2.05) is 12.1 Å². The van der Waals surface area contributed by atoms with Gasteiger partial charge in [-0.05, 0) is 55.6 Å².